The lowest BCUT2D eigenvalue weighted by molar-refractivity contribution is 0.00858. The number of urea groups is 1. The Morgan fingerprint density at radius 2 is 2.03 bits per heavy atom. The van der Waals surface area contributed by atoms with Crippen LogP contribution in [0.2, 0.25) is 0 Å². The molecule has 0 radical (unpaired) electrons. The molecule has 1 unspecified atom stereocenters. The number of nitriles is 1. The van der Waals surface area contributed by atoms with E-state index in [-0.39, 0.29) is 17.5 Å². The van der Waals surface area contributed by atoms with Crippen LogP contribution in [0, 0.1) is 23.7 Å². The van der Waals surface area contributed by atoms with Gasteiger partial charge >= 0.3 is 6.03 Å². The Bertz CT molecular complexity index is 1020. The Labute approximate surface area is 170 Å². The van der Waals surface area contributed by atoms with Crippen molar-refractivity contribution < 1.29 is 9.53 Å². The lowest BCUT2D eigenvalue weighted by Gasteiger charge is -2.61. The number of hydrogen-bond acceptors (Lipinski definition) is 5. The molecule has 2 saturated heterocycles. The molecule has 7 heteroatoms. The maximum Gasteiger partial charge on any atom is 0.325 e. The van der Waals surface area contributed by atoms with Crippen LogP contribution in [-0.4, -0.2) is 54.7 Å². The molecule has 148 valence electrons. The van der Waals surface area contributed by atoms with Gasteiger partial charge in [-0.1, -0.05) is 6.07 Å². The van der Waals surface area contributed by atoms with Gasteiger partial charge in [0.05, 0.1) is 23.4 Å². The van der Waals surface area contributed by atoms with Gasteiger partial charge in [0.1, 0.15) is 18.2 Å². The average Bonchev–Trinajstić information content (AvgIpc) is 2.66. The standard InChI is InChI=1S/C22H23N5O2/c1-15-3-4-18-19(7-15)29-10-16(2)27(18)21(28)26-13-22(14-26)11-25(12-22)20-8-17(9-23)5-6-24-20/h3-8,16H,10-14H2,1-2H3. The lowest BCUT2D eigenvalue weighted by atomic mass is 9.73. The number of carbonyl (C=O) groups is 1. The molecule has 5 rings (SSSR count). The van der Waals surface area contributed by atoms with Crippen LogP contribution in [0.5, 0.6) is 5.75 Å². The molecule has 2 fully saturated rings. The Morgan fingerprint density at radius 1 is 1.24 bits per heavy atom. The second-order valence-corrected chi connectivity index (χ2v) is 8.51. The van der Waals surface area contributed by atoms with Crippen molar-refractivity contribution in [3.05, 3.63) is 47.7 Å². The molecule has 1 aromatic heterocycles. The van der Waals surface area contributed by atoms with Crippen LogP contribution in [0.25, 0.3) is 0 Å². The van der Waals surface area contributed by atoms with Crippen molar-refractivity contribution in [2.45, 2.75) is 19.9 Å². The number of anilines is 2. The number of likely N-dealkylation sites (tertiary alicyclic amines) is 1. The van der Waals surface area contributed by atoms with Crippen LogP contribution in [0.3, 0.4) is 0 Å². The van der Waals surface area contributed by atoms with Gasteiger partial charge in [-0.3, -0.25) is 4.90 Å². The molecule has 0 aliphatic carbocycles. The summed E-state index contributed by atoms with van der Waals surface area (Å²) < 4.78 is 5.83. The molecule has 2 aromatic rings. The minimum absolute atomic E-state index is 0.00469. The van der Waals surface area contributed by atoms with Gasteiger partial charge in [-0.15, -0.1) is 0 Å². The third-order valence-corrected chi connectivity index (χ3v) is 6.08. The van der Waals surface area contributed by atoms with Crippen molar-refractivity contribution in [1.29, 1.82) is 5.26 Å². The quantitative estimate of drug-likeness (QED) is 0.750. The number of hydrogen-bond donors (Lipinski definition) is 0. The van der Waals surface area contributed by atoms with Crippen LogP contribution in [0.15, 0.2) is 36.5 Å². The first-order valence-electron chi connectivity index (χ1n) is 9.91. The zero-order valence-corrected chi connectivity index (χ0v) is 16.6. The van der Waals surface area contributed by atoms with E-state index in [1.54, 1.807) is 12.3 Å². The van der Waals surface area contributed by atoms with E-state index < -0.39 is 0 Å². The summed E-state index contributed by atoms with van der Waals surface area (Å²) in [7, 11) is 0. The van der Waals surface area contributed by atoms with Crippen LogP contribution in [0.1, 0.15) is 18.1 Å². The fourth-order valence-electron chi connectivity index (χ4n) is 4.59. The first-order valence-corrected chi connectivity index (χ1v) is 9.91. The number of amides is 2. The summed E-state index contributed by atoms with van der Waals surface area (Å²) in [6.07, 6.45) is 1.68. The average molecular weight is 389 g/mol. The van der Waals surface area contributed by atoms with Gasteiger partial charge < -0.3 is 14.5 Å². The molecule has 3 aliphatic heterocycles. The summed E-state index contributed by atoms with van der Waals surface area (Å²) in [5.74, 6) is 1.62. The van der Waals surface area contributed by atoms with E-state index in [1.165, 1.54) is 0 Å². The Kier molecular flexibility index (Phi) is 3.91. The minimum Gasteiger partial charge on any atom is -0.489 e. The van der Waals surface area contributed by atoms with Gasteiger partial charge in [-0.05, 0) is 43.7 Å². The van der Waals surface area contributed by atoms with Crippen molar-refractivity contribution >= 4 is 17.5 Å². The molecule has 4 heterocycles. The molecule has 7 nitrogen and oxygen atoms in total. The molecule has 3 aliphatic rings. The SMILES string of the molecule is Cc1ccc2c(c1)OCC(C)N2C(=O)N1CC2(C1)CN(c1cc(C#N)ccn1)C2. The van der Waals surface area contributed by atoms with Crippen LogP contribution in [-0.2, 0) is 0 Å². The summed E-state index contributed by atoms with van der Waals surface area (Å²) in [6.45, 7) is 7.80. The third kappa shape index (κ3) is 2.87. The summed E-state index contributed by atoms with van der Waals surface area (Å²) in [5.41, 5.74) is 2.74. The Hall–Kier alpha value is -3.27. The van der Waals surface area contributed by atoms with Crippen molar-refractivity contribution in [2.75, 3.05) is 42.6 Å². The molecule has 0 bridgehead atoms. The van der Waals surface area contributed by atoms with E-state index in [1.807, 2.05) is 47.9 Å². The number of carbonyl (C=O) groups excluding carboxylic acids is 1. The third-order valence-electron chi connectivity index (χ3n) is 6.08. The van der Waals surface area contributed by atoms with Gasteiger partial charge in [-0.2, -0.15) is 5.26 Å². The molecule has 0 N–H and O–H groups in total. The second-order valence-electron chi connectivity index (χ2n) is 8.51. The van der Waals surface area contributed by atoms with Crippen molar-refractivity contribution in [2.24, 2.45) is 5.41 Å². The van der Waals surface area contributed by atoms with E-state index >= 15 is 0 Å². The normalized spacial score (nSPS) is 21.6. The fourth-order valence-corrected chi connectivity index (χ4v) is 4.59. The van der Waals surface area contributed by atoms with E-state index in [0.717, 1.165) is 49.0 Å². The maximum absolute atomic E-state index is 13.2. The molecule has 29 heavy (non-hydrogen) atoms. The highest BCUT2D eigenvalue weighted by Crippen LogP contribution is 2.43. The lowest BCUT2D eigenvalue weighted by Crippen LogP contribution is -2.74. The highest BCUT2D eigenvalue weighted by Gasteiger charge is 2.54. The van der Waals surface area contributed by atoms with Gasteiger partial charge in [0, 0.05) is 37.8 Å². The van der Waals surface area contributed by atoms with Crippen LogP contribution < -0.4 is 14.5 Å². The monoisotopic (exact) mass is 389 g/mol. The predicted molar refractivity (Wildman–Crippen MR) is 109 cm³/mol. The van der Waals surface area contributed by atoms with E-state index in [2.05, 4.69) is 16.0 Å². The fraction of sp³-hybridized carbons (Fsp3) is 0.409. The summed E-state index contributed by atoms with van der Waals surface area (Å²) in [6, 6.07) is 11.7. The van der Waals surface area contributed by atoms with Crippen molar-refractivity contribution in [3.63, 3.8) is 0 Å². The van der Waals surface area contributed by atoms with E-state index in [4.69, 9.17) is 10.00 Å². The Morgan fingerprint density at radius 3 is 2.79 bits per heavy atom. The molecule has 1 spiro atoms. The zero-order valence-electron chi connectivity index (χ0n) is 16.6. The minimum atomic E-state index is 0.00469. The molecule has 1 aromatic carbocycles. The topological polar surface area (TPSA) is 72.7 Å². The zero-order chi connectivity index (χ0) is 20.2. The van der Waals surface area contributed by atoms with Crippen molar-refractivity contribution in [3.8, 4) is 11.8 Å². The number of fused-ring (bicyclic) bond motifs is 1. The number of benzene rings is 1. The largest absolute Gasteiger partial charge is 0.489 e. The number of ether oxygens (including phenoxy) is 1. The summed E-state index contributed by atoms with van der Waals surface area (Å²) in [5, 5.41) is 9.07. The molecule has 0 saturated carbocycles. The van der Waals surface area contributed by atoms with Gasteiger partial charge in [0.2, 0.25) is 0 Å². The highest BCUT2D eigenvalue weighted by molar-refractivity contribution is 5.95. The van der Waals surface area contributed by atoms with E-state index in [9.17, 15) is 4.79 Å². The smallest absolute Gasteiger partial charge is 0.325 e. The molecular formula is C22H23N5O2. The Balaban J connectivity index is 1.25. The van der Waals surface area contributed by atoms with Gasteiger partial charge in [0.25, 0.3) is 0 Å². The highest BCUT2D eigenvalue weighted by atomic mass is 16.5. The summed E-state index contributed by atoms with van der Waals surface area (Å²) in [4.78, 5) is 23.6. The summed E-state index contributed by atoms with van der Waals surface area (Å²) >= 11 is 0. The van der Waals surface area contributed by atoms with Crippen LogP contribution in [0.4, 0.5) is 16.3 Å². The first-order chi connectivity index (χ1) is 14.0. The number of aromatic nitrogens is 1. The van der Waals surface area contributed by atoms with Gasteiger partial charge in [0.15, 0.2) is 0 Å². The molecule has 1 atom stereocenters. The number of nitrogens with zero attached hydrogens (tertiary/aromatic N) is 5. The number of rotatable bonds is 1. The second kappa shape index (κ2) is 6.38. The predicted octanol–water partition coefficient (Wildman–Crippen LogP) is 2.79. The number of pyridine rings is 1. The number of aryl methyl sites for hydroxylation is 1. The van der Waals surface area contributed by atoms with E-state index in [0.29, 0.717) is 12.2 Å². The van der Waals surface area contributed by atoms with Crippen molar-refractivity contribution in [1.82, 2.24) is 9.88 Å². The molecule has 2 amide bonds. The van der Waals surface area contributed by atoms with Gasteiger partial charge in [-0.25, -0.2) is 9.78 Å². The van der Waals surface area contributed by atoms with Crippen LogP contribution >= 0.6 is 0 Å². The maximum atomic E-state index is 13.2. The first kappa shape index (κ1) is 17.8. The molecular weight excluding hydrogens is 366 g/mol.